The lowest BCUT2D eigenvalue weighted by Crippen LogP contribution is -2.44. The lowest BCUT2D eigenvalue weighted by molar-refractivity contribution is 0.312. The molecule has 0 atom stereocenters. The summed E-state index contributed by atoms with van der Waals surface area (Å²) in [7, 11) is 2.16. The van der Waals surface area contributed by atoms with E-state index >= 15 is 0 Å². The predicted octanol–water partition coefficient (Wildman–Crippen LogP) is 2.57. The van der Waals surface area contributed by atoms with Crippen LogP contribution < -0.4 is 9.64 Å². The molecule has 1 aliphatic rings. The Morgan fingerprint density at radius 3 is 2.75 bits per heavy atom. The standard InChI is InChI=1S/C16H25N3O/c1-3-4-5-6-11-20-16-12-15(13-17-14-16)19-9-7-18(2)8-10-19/h5-6,12-14H,3-4,7-11H2,1-2H3. The van der Waals surface area contributed by atoms with Crippen LogP contribution >= 0.6 is 0 Å². The number of rotatable bonds is 6. The molecular weight excluding hydrogens is 250 g/mol. The second-order valence-corrected chi connectivity index (χ2v) is 5.24. The zero-order valence-corrected chi connectivity index (χ0v) is 12.6. The minimum absolute atomic E-state index is 0.619. The number of unbranched alkanes of at least 4 members (excludes halogenated alkanes) is 1. The van der Waals surface area contributed by atoms with Gasteiger partial charge < -0.3 is 14.5 Å². The fourth-order valence-electron chi connectivity index (χ4n) is 2.22. The van der Waals surface area contributed by atoms with E-state index in [1.807, 2.05) is 6.20 Å². The summed E-state index contributed by atoms with van der Waals surface area (Å²) < 4.78 is 5.72. The Kier molecular flexibility index (Phi) is 5.87. The highest BCUT2D eigenvalue weighted by Gasteiger charge is 2.14. The van der Waals surface area contributed by atoms with Crippen molar-refractivity contribution in [2.24, 2.45) is 0 Å². The second kappa shape index (κ2) is 7.90. The van der Waals surface area contributed by atoms with Gasteiger partial charge in [-0.25, -0.2) is 0 Å². The summed E-state index contributed by atoms with van der Waals surface area (Å²) in [5, 5.41) is 0. The summed E-state index contributed by atoms with van der Waals surface area (Å²) in [5.74, 6) is 0.850. The largest absolute Gasteiger partial charge is 0.488 e. The third kappa shape index (κ3) is 4.53. The Balaban J connectivity index is 1.87. The van der Waals surface area contributed by atoms with Crippen molar-refractivity contribution >= 4 is 5.69 Å². The summed E-state index contributed by atoms with van der Waals surface area (Å²) in [6, 6.07) is 2.09. The fraction of sp³-hybridized carbons (Fsp3) is 0.562. The summed E-state index contributed by atoms with van der Waals surface area (Å²) in [5.41, 5.74) is 1.16. The van der Waals surface area contributed by atoms with E-state index in [1.165, 1.54) is 6.42 Å². The number of hydrogen-bond acceptors (Lipinski definition) is 4. The number of allylic oxidation sites excluding steroid dienone is 1. The van der Waals surface area contributed by atoms with Crippen LogP contribution in [0.1, 0.15) is 19.8 Å². The summed E-state index contributed by atoms with van der Waals surface area (Å²) >= 11 is 0. The van der Waals surface area contributed by atoms with E-state index < -0.39 is 0 Å². The number of likely N-dealkylation sites (N-methyl/N-ethyl adjacent to an activating group) is 1. The van der Waals surface area contributed by atoms with Crippen molar-refractivity contribution in [3.05, 3.63) is 30.6 Å². The lowest BCUT2D eigenvalue weighted by Gasteiger charge is -2.33. The molecule has 2 heterocycles. The normalized spacial score (nSPS) is 16.8. The molecule has 0 unspecified atom stereocenters. The molecule has 0 radical (unpaired) electrons. The van der Waals surface area contributed by atoms with Gasteiger partial charge in [0, 0.05) is 32.2 Å². The molecule has 0 saturated carbocycles. The van der Waals surface area contributed by atoms with E-state index in [9.17, 15) is 0 Å². The Morgan fingerprint density at radius 2 is 2.00 bits per heavy atom. The van der Waals surface area contributed by atoms with Crippen LogP contribution in [0.2, 0.25) is 0 Å². The van der Waals surface area contributed by atoms with Crippen LogP contribution in [0.15, 0.2) is 30.6 Å². The van der Waals surface area contributed by atoms with Gasteiger partial charge in [0.15, 0.2) is 0 Å². The highest BCUT2D eigenvalue weighted by molar-refractivity contribution is 5.48. The first-order chi connectivity index (χ1) is 9.79. The van der Waals surface area contributed by atoms with Crippen molar-refractivity contribution in [3.63, 3.8) is 0 Å². The van der Waals surface area contributed by atoms with Crippen LogP contribution in [-0.2, 0) is 0 Å². The molecule has 0 aliphatic carbocycles. The van der Waals surface area contributed by atoms with Crippen LogP contribution in [0.4, 0.5) is 5.69 Å². The predicted molar refractivity (Wildman–Crippen MR) is 83.5 cm³/mol. The van der Waals surface area contributed by atoms with E-state index in [1.54, 1.807) is 6.20 Å². The number of ether oxygens (including phenoxy) is 1. The molecule has 0 spiro atoms. The average molecular weight is 275 g/mol. The van der Waals surface area contributed by atoms with Crippen LogP contribution in [0.5, 0.6) is 5.75 Å². The summed E-state index contributed by atoms with van der Waals surface area (Å²) in [4.78, 5) is 9.01. The minimum Gasteiger partial charge on any atom is -0.488 e. The molecule has 1 aromatic rings. The van der Waals surface area contributed by atoms with Gasteiger partial charge in [0.25, 0.3) is 0 Å². The number of piperazine rings is 1. The van der Waals surface area contributed by atoms with E-state index in [0.717, 1.165) is 44.0 Å². The maximum atomic E-state index is 5.72. The van der Waals surface area contributed by atoms with Gasteiger partial charge in [-0.05, 0) is 13.5 Å². The molecule has 2 rings (SSSR count). The van der Waals surface area contributed by atoms with Gasteiger partial charge in [-0.1, -0.05) is 25.5 Å². The molecule has 0 bridgehead atoms. The monoisotopic (exact) mass is 275 g/mol. The molecule has 1 aromatic heterocycles. The van der Waals surface area contributed by atoms with Crippen molar-refractivity contribution in [3.8, 4) is 5.75 Å². The SMILES string of the molecule is CCCC=CCOc1cncc(N2CCN(C)CC2)c1. The first-order valence-electron chi connectivity index (χ1n) is 7.46. The molecule has 4 heteroatoms. The molecule has 0 aromatic carbocycles. The highest BCUT2D eigenvalue weighted by atomic mass is 16.5. The summed E-state index contributed by atoms with van der Waals surface area (Å²) in [6.07, 6.45) is 10.2. The van der Waals surface area contributed by atoms with E-state index in [-0.39, 0.29) is 0 Å². The van der Waals surface area contributed by atoms with Gasteiger partial charge in [0.1, 0.15) is 12.4 Å². The van der Waals surface area contributed by atoms with Crippen molar-refractivity contribution in [1.82, 2.24) is 9.88 Å². The van der Waals surface area contributed by atoms with Gasteiger partial charge in [-0.15, -0.1) is 0 Å². The molecule has 1 saturated heterocycles. The van der Waals surface area contributed by atoms with E-state index in [0.29, 0.717) is 6.61 Å². The van der Waals surface area contributed by atoms with E-state index in [2.05, 4.69) is 47.0 Å². The van der Waals surface area contributed by atoms with Crippen molar-refractivity contribution in [2.45, 2.75) is 19.8 Å². The fourth-order valence-corrected chi connectivity index (χ4v) is 2.22. The number of anilines is 1. The Morgan fingerprint density at radius 1 is 1.20 bits per heavy atom. The maximum absolute atomic E-state index is 5.72. The average Bonchev–Trinajstić information content (AvgIpc) is 2.48. The van der Waals surface area contributed by atoms with Gasteiger partial charge in [-0.3, -0.25) is 4.98 Å². The molecule has 0 amide bonds. The first kappa shape index (κ1) is 14.9. The van der Waals surface area contributed by atoms with Crippen LogP contribution in [0.25, 0.3) is 0 Å². The molecule has 4 nitrogen and oxygen atoms in total. The van der Waals surface area contributed by atoms with Crippen molar-refractivity contribution in [1.29, 1.82) is 0 Å². The van der Waals surface area contributed by atoms with Gasteiger partial charge in [0.05, 0.1) is 18.1 Å². The van der Waals surface area contributed by atoms with Crippen molar-refractivity contribution in [2.75, 3.05) is 44.7 Å². The Bertz CT molecular complexity index is 425. The van der Waals surface area contributed by atoms with Crippen molar-refractivity contribution < 1.29 is 4.74 Å². The molecule has 20 heavy (non-hydrogen) atoms. The topological polar surface area (TPSA) is 28.6 Å². The van der Waals surface area contributed by atoms with Crippen LogP contribution in [-0.4, -0.2) is 49.7 Å². The van der Waals surface area contributed by atoms with E-state index in [4.69, 9.17) is 4.74 Å². The zero-order chi connectivity index (χ0) is 14.2. The van der Waals surface area contributed by atoms with Gasteiger partial charge in [-0.2, -0.15) is 0 Å². The third-order valence-electron chi connectivity index (χ3n) is 3.54. The molecule has 110 valence electrons. The zero-order valence-electron chi connectivity index (χ0n) is 12.6. The molecule has 0 N–H and O–H groups in total. The second-order valence-electron chi connectivity index (χ2n) is 5.24. The molecule has 1 fully saturated rings. The minimum atomic E-state index is 0.619. The van der Waals surface area contributed by atoms with Gasteiger partial charge >= 0.3 is 0 Å². The number of nitrogens with zero attached hydrogens (tertiary/aromatic N) is 3. The van der Waals surface area contributed by atoms with Crippen LogP contribution in [0, 0.1) is 0 Å². The first-order valence-corrected chi connectivity index (χ1v) is 7.46. The molecular formula is C16H25N3O. The smallest absolute Gasteiger partial charge is 0.140 e. The summed E-state index contributed by atoms with van der Waals surface area (Å²) in [6.45, 7) is 7.11. The number of pyridine rings is 1. The number of aromatic nitrogens is 1. The van der Waals surface area contributed by atoms with Crippen LogP contribution in [0.3, 0.4) is 0 Å². The number of hydrogen-bond donors (Lipinski definition) is 0. The Hall–Kier alpha value is -1.55. The molecule has 1 aliphatic heterocycles. The maximum Gasteiger partial charge on any atom is 0.140 e. The van der Waals surface area contributed by atoms with Gasteiger partial charge in [0.2, 0.25) is 0 Å². The highest BCUT2D eigenvalue weighted by Crippen LogP contribution is 2.20. The quantitative estimate of drug-likeness (QED) is 0.746. The lowest BCUT2D eigenvalue weighted by atomic mass is 10.3. The Labute approximate surface area is 122 Å². The third-order valence-corrected chi connectivity index (χ3v) is 3.54.